The molecule has 20 heavy (non-hydrogen) atoms. The summed E-state index contributed by atoms with van der Waals surface area (Å²) in [5, 5.41) is 3.15. The van der Waals surface area contributed by atoms with Crippen molar-refractivity contribution >= 4 is 27.0 Å². The summed E-state index contributed by atoms with van der Waals surface area (Å²) in [6.07, 6.45) is 4.98. The quantitative estimate of drug-likeness (QED) is 0.804. The zero-order chi connectivity index (χ0) is 14.2. The Morgan fingerprint density at radius 3 is 2.50 bits per heavy atom. The highest BCUT2D eigenvalue weighted by Crippen LogP contribution is 2.18. The van der Waals surface area contributed by atoms with Gasteiger partial charge in [0.05, 0.1) is 11.1 Å². The van der Waals surface area contributed by atoms with Crippen molar-refractivity contribution in [2.24, 2.45) is 0 Å². The second-order valence-corrected chi connectivity index (χ2v) is 6.53. The average molecular weight is 287 g/mol. The van der Waals surface area contributed by atoms with Gasteiger partial charge in [-0.3, -0.25) is 0 Å². The fraction of sp³-hybridized carbons (Fsp3) is 0.0714. The molecule has 0 saturated carbocycles. The second kappa shape index (κ2) is 4.64. The van der Waals surface area contributed by atoms with Gasteiger partial charge in [0.15, 0.2) is 9.84 Å². The molecule has 3 aromatic rings. The molecule has 0 bridgehead atoms. The second-order valence-electron chi connectivity index (χ2n) is 4.51. The minimum absolute atomic E-state index is 0.304. The van der Waals surface area contributed by atoms with Crippen LogP contribution in [0.25, 0.3) is 5.65 Å². The van der Waals surface area contributed by atoms with Gasteiger partial charge in [0.25, 0.3) is 0 Å². The van der Waals surface area contributed by atoms with Gasteiger partial charge in [-0.2, -0.15) is 0 Å². The van der Waals surface area contributed by atoms with Gasteiger partial charge in [-0.1, -0.05) is 6.07 Å². The van der Waals surface area contributed by atoms with Crippen molar-refractivity contribution in [3.63, 3.8) is 0 Å². The molecule has 0 aliphatic heterocycles. The Balaban J connectivity index is 1.87. The molecule has 0 saturated heterocycles. The number of sulfone groups is 1. The monoisotopic (exact) mass is 287 g/mol. The maximum Gasteiger partial charge on any atom is 0.175 e. The van der Waals surface area contributed by atoms with Crippen LogP contribution in [0.5, 0.6) is 0 Å². The molecule has 0 fully saturated rings. The van der Waals surface area contributed by atoms with Crippen LogP contribution in [0.1, 0.15) is 0 Å². The molecule has 5 nitrogen and oxygen atoms in total. The minimum Gasteiger partial charge on any atom is -0.339 e. The summed E-state index contributed by atoms with van der Waals surface area (Å²) >= 11 is 0. The Morgan fingerprint density at radius 2 is 1.85 bits per heavy atom. The van der Waals surface area contributed by atoms with Gasteiger partial charge in [-0.05, 0) is 36.4 Å². The predicted molar refractivity (Wildman–Crippen MR) is 78.0 cm³/mol. The molecule has 102 valence electrons. The van der Waals surface area contributed by atoms with Crippen LogP contribution < -0.4 is 5.32 Å². The molecule has 0 amide bonds. The first-order chi connectivity index (χ1) is 9.52. The van der Waals surface area contributed by atoms with Gasteiger partial charge in [0.1, 0.15) is 11.5 Å². The summed E-state index contributed by atoms with van der Waals surface area (Å²) in [5.74, 6) is 0.711. The molecule has 3 rings (SSSR count). The van der Waals surface area contributed by atoms with E-state index in [1.165, 1.54) is 6.26 Å². The summed E-state index contributed by atoms with van der Waals surface area (Å²) in [6.45, 7) is 0. The van der Waals surface area contributed by atoms with E-state index in [1.54, 1.807) is 24.3 Å². The third-order valence-corrected chi connectivity index (χ3v) is 4.05. The molecule has 1 N–H and O–H groups in total. The summed E-state index contributed by atoms with van der Waals surface area (Å²) in [6, 6.07) is 12.4. The first-order valence-electron chi connectivity index (χ1n) is 6.03. The molecule has 0 atom stereocenters. The van der Waals surface area contributed by atoms with Gasteiger partial charge < -0.3 is 9.72 Å². The zero-order valence-electron chi connectivity index (χ0n) is 10.8. The highest BCUT2D eigenvalue weighted by atomic mass is 32.2. The number of rotatable bonds is 3. The van der Waals surface area contributed by atoms with Gasteiger partial charge in [0.2, 0.25) is 0 Å². The number of pyridine rings is 1. The predicted octanol–water partition coefficient (Wildman–Crippen LogP) is 2.48. The smallest absolute Gasteiger partial charge is 0.175 e. The number of anilines is 2. The van der Waals surface area contributed by atoms with Crippen LogP contribution in [0.2, 0.25) is 0 Å². The molecule has 2 aromatic heterocycles. The molecule has 6 heteroatoms. The number of nitrogens with one attached hydrogen (secondary N) is 1. The number of hydrogen-bond acceptors (Lipinski definition) is 4. The number of benzene rings is 1. The number of nitrogens with zero attached hydrogens (tertiary/aromatic N) is 2. The third-order valence-electron chi connectivity index (χ3n) is 2.92. The highest BCUT2D eigenvalue weighted by Gasteiger charge is 2.06. The lowest BCUT2D eigenvalue weighted by Crippen LogP contribution is -1.97. The van der Waals surface area contributed by atoms with Gasteiger partial charge in [0, 0.05) is 18.1 Å². The van der Waals surface area contributed by atoms with Crippen LogP contribution in [-0.4, -0.2) is 24.1 Å². The van der Waals surface area contributed by atoms with Crippen molar-refractivity contribution < 1.29 is 8.42 Å². The summed E-state index contributed by atoms with van der Waals surface area (Å²) in [5.41, 5.74) is 1.64. The van der Waals surface area contributed by atoms with Crippen LogP contribution in [0.4, 0.5) is 11.5 Å². The fourth-order valence-corrected chi connectivity index (χ4v) is 2.56. The van der Waals surface area contributed by atoms with Crippen LogP contribution in [-0.2, 0) is 9.84 Å². The van der Waals surface area contributed by atoms with E-state index >= 15 is 0 Å². The van der Waals surface area contributed by atoms with Crippen LogP contribution in [0.3, 0.4) is 0 Å². The van der Waals surface area contributed by atoms with Gasteiger partial charge in [-0.15, -0.1) is 0 Å². The molecule has 0 aliphatic carbocycles. The summed E-state index contributed by atoms with van der Waals surface area (Å²) in [7, 11) is -3.16. The highest BCUT2D eigenvalue weighted by molar-refractivity contribution is 7.90. The Hall–Kier alpha value is -2.34. The number of aromatic nitrogens is 2. The molecule has 0 radical (unpaired) electrons. The number of fused-ring (bicyclic) bond motifs is 1. The maximum absolute atomic E-state index is 11.4. The lowest BCUT2D eigenvalue weighted by Gasteiger charge is -2.03. The zero-order valence-corrected chi connectivity index (χ0v) is 11.6. The van der Waals surface area contributed by atoms with Crippen molar-refractivity contribution in [2.75, 3.05) is 11.6 Å². The van der Waals surface area contributed by atoms with Crippen molar-refractivity contribution in [3.05, 3.63) is 54.9 Å². The van der Waals surface area contributed by atoms with Crippen LogP contribution >= 0.6 is 0 Å². The maximum atomic E-state index is 11.4. The fourth-order valence-electron chi connectivity index (χ4n) is 1.93. The summed E-state index contributed by atoms with van der Waals surface area (Å²) < 4.78 is 24.7. The largest absolute Gasteiger partial charge is 0.339 e. The minimum atomic E-state index is -3.16. The van der Waals surface area contributed by atoms with Crippen molar-refractivity contribution in [2.45, 2.75) is 4.90 Å². The van der Waals surface area contributed by atoms with E-state index in [1.807, 2.05) is 35.0 Å². The molecule has 0 aliphatic rings. The molecular formula is C14H13N3O2S. The van der Waals surface area contributed by atoms with Gasteiger partial charge >= 0.3 is 0 Å². The first-order valence-corrected chi connectivity index (χ1v) is 7.92. The van der Waals surface area contributed by atoms with E-state index in [2.05, 4.69) is 10.3 Å². The topological polar surface area (TPSA) is 63.5 Å². The van der Waals surface area contributed by atoms with E-state index in [4.69, 9.17) is 0 Å². The van der Waals surface area contributed by atoms with Crippen molar-refractivity contribution in [3.8, 4) is 0 Å². The van der Waals surface area contributed by atoms with E-state index in [0.29, 0.717) is 10.7 Å². The summed E-state index contributed by atoms with van der Waals surface area (Å²) in [4.78, 5) is 4.72. The number of imidazole rings is 1. The Morgan fingerprint density at radius 1 is 1.10 bits per heavy atom. The Kier molecular flexibility index (Phi) is 2.94. The van der Waals surface area contributed by atoms with E-state index in [9.17, 15) is 8.42 Å². The molecule has 0 spiro atoms. The van der Waals surface area contributed by atoms with E-state index in [-0.39, 0.29) is 0 Å². The first kappa shape index (κ1) is 12.7. The average Bonchev–Trinajstić information content (AvgIpc) is 2.80. The molecule has 0 unspecified atom stereocenters. The van der Waals surface area contributed by atoms with E-state index < -0.39 is 9.84 Å². The van der Waals surface area contributed by atoms with Crippen molar-refractivity contribution in [1.82, 2.24) is 9.38 Å². The standard InChI is InChI=1S/C14H13N3O2S/c1-20(18,19)12-7-5-11(6-8-12)15-13-10-17-9-3-2-4-14(17)16-13/h2-10,15H,1H3. The van der Waals surface area contributed by atoms with Gasteiger partial charge in [-0.25, -0.2) is 13.4 Å². The lowest BCUT2D eigenvalue weighted by molar-refractivity contribution is 0.602. The molecule has 1 aromatic carbocycles. The van der Waals surface area contributed by atoms with Crippen LogP contribution in [0, 0.1) is 0 Å². The normalized spacial score (nSPS) is 11.7. The lowest BCUT2D eigenvalue weighted by atomic mass is 10.3. The Bertz CT molecular complexity index is 819. The SMILES string of the molecule is CS(=O)(=O)c1ccc(Nc2cn3ccccc3n2)cc1. The third kappa shape index (κ3) is 2.50. The van der Waals surface area contributed by atoms with Crippen molar-refractivity contribution in [1.29, 1.82) is 0 Å². The van der Waals surface area contributed by atoms with Crippen LogP contribution in [0.15, 0.2) is 59.8 Å². The number of hydrogen-bond donors (Lipinski definition) is 1. The molecular weight excluding hydrogens is 274 g/mol. The molecule has 2 heterocycles. The van der Waals surface area contributed by atoms with E-state index in [0.717, 1.165) is 11.3 Å². The Labute approximate surface area is 116 Å².